The summed E-state index contributed by atoms with van der Waals surface area (Å²) in [5.41, 5.74) is 2.46. The summed E-state index contributed by atoms with van der Waals surface area (Å²) in [4.78, 5) is 15.0. The van der Waals surface area contributed by atoms with Crippen LogP contribution in [0.15, 0.2) is 24.3 Å². The Morgan fingerprint density at radius 3 is 2.60 bits per heavy atom. The second kappa shape index (κ2) is 5.47. The van der Waals surface area contributed by atoms with Crippen LogP contribution < -0.4 is 5.32 Å². The van der Waals surface area contributed by atoms with Crippen molar-refractivity contribution in [2.75, 3.05) is 5.32 Å². The molecule has 3 heteroatoms. The zero-order valence-electron chi connectivity index (χ0n) is 12.4. The van der Waals surface area contributed by atoms with Crippen LogP contribution in [0.5, 0.6) is 0 Å². The SMILES string of the molecule is CC1CCCC(C)N1C(=O)C1CCc2ccccc2N1. The molecule has 108 valence electrons. The molecule has 2 heterocycles. The Balaban J connectivity index is 1.75. The molecule has 3 nitrogen and oxygen atoms in total. The van der Waals surface area contributed by atoms with Crippen LogP contribution >= 0.6 is 0 Å². The van der Waals surface area contributed by atoms with E-state index in [1.165, 1.54) is 12.0 Å². The van der Waals surface area contributed by atoms with Crippen LogP contribution in [-0.4, -0.2) is 28.9 Å². The number of carbonyl (C=O) groups excluding carboxylic acids is 1. The summed E-state index contributed by atoms with van der Waals surface area (Å²) in [7, 11) is 0. The number of hydrogen-bond donors (Lipinski definition) is 1. The molecule has 2 aliphatic rings. The maximum atomic E-state index is 12.8. The van der Waals surface area contributed by atoms with E-state index in [4.69, 9.17) is 0 Å². The minimum atomic E-state index is -0.0482. The molecule has 0 bridgehead atoms. The van der Waals surface area contributed by atoms with Crippen molar-refractivity contribution >= 4 is 11.6 Å². The third-order valence-corrected chi connectivity index (χ3v) is 4.80. The number of nitrogens with one attached hydrogen (secondary N) is 1. The van der Waals surface area contributed by atoms with Crippen LogP contribution in [0, 0.1) is 0 Å². The molecule has 3 atom stereocenters. The van der Waals surface area contributed by atoms with Gasteiger partial charge in [0.05, 0.1) is 0 Å². The molecule has 0 aromatic heterocycles. The number of hydrogen-bond acceptors (Lipinski definition) is 2. The molecule has 1 amide bonds. The van der Waals surface area contributed by atoms with Gasteiger partial charge in [-0.2, -0.15) is 0 Å². The number of rotatable bonds is 1. The third-order valence-electron chi connectivity index (χ3n) is 4.80. The first-order chi connectivity index (χ1) is 9.66. The summed E-state index contributed by atoms with van der Waals surface area (Å²) in [5, 5.41) is 3.44. The van der Waals surface area contributed by atoms with Gasteiger partial charge in [-0.3, -0.25) is 4.79 Å². The second-order valence-corrected chi connectivity index (χ2v) is 6.27. The van der Waals surface area contributed by atoms with Crippen molar-refractivity contribution < 1.29 is 4.79 Å². The van der Waals surface area contributed by atoms with E-state index in [-0.39, 0.29) is 6.04 Å². The number of carbonyl (C=O) groups is 1. The van der Waals surface area contributed by atoms with Crippen LogP contribution in [0.2, 0.25) is 0 Å². The monoisotopic (exact) mass is 272 g/mol. The van der Waals surface area contributed by atoms with Crippen molar-refractivity contribution in [2.24, 2.45) is 0 Å². The molecule has 20 heavy (non-hydrogen) atoms. The number of benzene rings is 1. The van der Waals surface area contributed by atoms with Gasteiger partial charge in [0.15, 0.2) is 0 Å². The first-order valence-electron chi connectivity index (χ1n) is 7.83. The highest BCUT2D eigenvalue weighted by molar-refractivity contribution is 5.86. The summed E-state index contributed by atoms with van der Waals surface area (Å²) in [6.45, 7) is 4.37. The minimum Gasteiger partial charge on any atom is -0.373 e. The lowest BCUT2D eigenvalue weighted by molar-refractivity contribution is -0.138. The Kier molecular flexibility index (Phi) is 3.68. The molecule has 0 spiro atoms. The molecule has 1 fully saturated rings. The first-order valence-corrected chi connectivity index (χ1v) is 7.83. The van der Waals surface area contributed by atoms with E-state index in [0.29, 0.717) is 18.0 Å². The molecule has 3 unspecified atom stereocenters. The van der Waals surface area contributed by atoms with Gasteiger partial charge in [-0.05, 0) is 57.6 Å². The van der Waals surface area contributed by atoms with E-state index < -0.39 is 0 Å². The lowest BCUT2D eigenvalue weighted by Gasteiger charge is -2.42. The van der Waals surface area contributed by atoms with Gasteiger partial charge >= 0.3 is 0 Å². The Labute approximate surface area is 121 Å². The zero-order valence-corrected chi connectivity index (χ0v) is 12.4. The quantitative estimate of drug-likeness (QED) is 0.851. The maximum absolute atomic E-state index is 12.8. The Bertz CT molecular complexity index is 490. The Morgan fingerprint density at radius 2 is 1.85 bits per heavy atom. The van der Waals surface area contributed by atoms with Gasteiger partial charge in [0.1, 0.15) is 6.04 Å². The number of para-hydroxylation sites is 1. The van der Waals surface area contributed by atoms with Gasteiger partial charge in [-0.15, -0.1) is 0 Å². The fraction of sp³-hybridized carbons (Fsp3) is 0.588. The summed E-state index contributed by atoms with van der Waals surface area (Å²) < 4.78 is 0. The summed E-state index contributed by atoms with van der Waals surface area (Å²) >= 11 is 0. The molecule has 1 aromatic rings. The van der Waals surface area contributed by atoms with Gasteiger partial charge in [-0.1, -0.05) is 18.2 Å². The van der Waals surface area contributed by atoms with Crippen LogP contribution in [0.3, 0.4) is 0 Å². The van der Waals surface area contributed by atoms with E-state index >= 15 is 0 Å². The molecule has 2 aliphatic heterocycles. The van der Waals surface area contributed by atoms with Gasteiger partial charge in [0.25, 0.3) is 0 Å². The molecular weight excluding hydrogens is 248 g/mol. The second-order valence-electron chi connectivity index (χ2n) is 6.27. The molecule has 0 saturated carbocycles. The van der Waals surface area contributed by atoms with Gasteiger partial charge in [0, 0.05) is 17.8 Å². The first kappa shape index (κ1) is 13.5. The molecule has 3 rings (SSSR count). The average Bonchev–Trinajstić information content (AvgIpc) is 2.46. The van der Waals surface area contributed by atoms with E-state index in [0.717, 1.165) is 31.4 Å². The van der Waals surface area contributed by atoms with Crippen LogP contribution in [0.4, 0.5) is 5.69 Å². The lowest BCUT2D eigenvalue weighted by Crippen LogP contribution is -2.53. The van der Waals surface area contributed by atoms with Gasteiger partial charge in [0.2, 0.25) is 5.91 Å². The smallest absolute Gasteiger partial charge is 0.245 e. The average molecular weight is 272 g/mol. The number of anilines is 1. The summed E-state index contributed by atoms with van der Waals surface area (Å²) in [6.07, 6.45) is 5.42. The largest absolute Gasteiger partial charge is 0.373 e. The minimum absolute atomic E-state index is 0.0482. The Hall–Kier alpha value is -1.51. The lowest BCUT2D eigenvalue weighted by atomic mass is 9.93. The Morgan fingerprint density at radius 1 is 1.15 bits per heavy atom. The number of fused-ring (bicyclic) bond motifs is 1. The van der Waals surface area contributed by atoms with Crippen molar-refractivity contribution in [1.82, 2.24) is 4.90 Å². The van der Waals surface area contributed by atoms with Crippen molar-refractivity contribution in [2.45, 2.75) is 64.1 Å². The van der Waals surface area contributed by atoms with Crippen molar-refractivity contribution in [1.29, 1.82) is 0 Å². The fourth-order valence-corrected chi connectivity index (χ4v) is 3.66. The molecule has 1 saturated heterocycles. The molecule has 1 aromatic carbocycles. The van der Waals surface area contributed by atoms with Crippen molar-refractivity contribution in [3.05, 3.63) is 29.8 Å². The van der Waals surface area contributed by atoms with E-state index in [9.17, 15) is 4.79 Å². The van der Waals surface area contributed by atoms with Crippen LogP contribution in [0.1, 0.15) is 45.1 Å². The number of nitrogens with zero attached hydrogens (tertiary/aromatic N) is 1. The topological polar surface area (TPSA) is 32.3 Å². The number of amides is 1. The van der Waals surface area contributed by atoms with Crippen molar-refractivity contribution in [3.63, 3.8) is 0 Å². The number of aryl methyl sites for hydroxylation is 1. The third kappa shape index (κ3) is 2.41. The fourth-order valence-electron chi connectivity index (χ4n) is 3.66. The molecular formula is C17H24N2O. The van der Waals surface area contributed by atoms with Crippen molar-refractivity contribution in [3.8, 4) is 0 Å². The van der Waals surface area contributed by atoms with Crippen LogP contribution in [-0.2, 0) is 11.2 Å². The van der Waals surface area contributed by atoms with E-state index in [2.05, 4.69) is 42.3 Å². The highest BCUT2D eigenvalue weighted by Crippen LogP contribution is 2.28. The number of piperidine rings is 1. The normalized spacial score (nSPS) is 29.5. The maximum Gasteiger partial charge on any atom is 0.245 e. The summed E-state index contributed by atoms with van der Waals surface area (Å²) in [6, 6.07) is 9.04. The number of likely N-dealkylation sites (tertiary alicyclic amines) is 1. The predicted molar refractivity (Wildman–Crippen MR) is 81.8 cm³/mol. The summed E-state index contributed by atoms with van der Waals surface area (Å²) in [5.74, 6) is 0.291. The standard InChI is InChI=1S/C17H24N2O/c1-12-6-5-7-13(2)19(12)17(20)16-11-10-14-8-3-4-9-15(14)18-16/h3-4,8-9,12-13,16,18H,5-7,10-11H2,1-2H3. The van der Waals surface area contributed by atoms with Crippen LogP contribution in [0.25, 0.3) is 0 Å². The molecule has 1 N–H and O–H groups in total. The highest BCUT2D eigenvalue weighted by Gasteiger charge is 2.34. The van der Waals surface area contributed by atoms with Gasteiger partial charge in [-0.25, -0.2) is 0 Å². The highest BCUT2D eigenvalue weighted by atomic mass is 16.2. The zero-order chi connectivity index (χ0) is 14.1. The van der Waals surface area contributed by atoms with Gasteiger partial charge < -0.3 is 10.2 Å². The molecule has 0 aliphatic carbocycles. The van der Waals surface area contributed by atoms with E-state index in [1.807, 2.05) is 6.07 Å². The predicted octanol–water partition coefficient (Wildman–Crippen LogP) is 3.20. The molecule has 0 radical (unpaired) electrons. The van der Waals surface area contributed by atoms with E-state index in [1.54, 1.807) is 0 Å².